The Morgan fingerprint density at radius 3 is 2.65 bits per heavy atom. The Morgan fingerprint density at radius 2 is 2.00 bits per heavy atom. The lowest BCUT2D eigenvalue weighted by molar-refractivity contribution is 0.409. The van der Waals surface area contributed by atoms with Crippen LogP contribution in [0.1, 0.15) is 39.2 Å². The van der Waals surface area contributed by atoms with E-state index in [-0.39, 0.29) is 5.41 Å². The van der Waals surface area contributed by atoms with Crippen molar-refractivity contribution in [2.75, 3.05) is 20.2 Å². The van der Waals surface area contributed by atoms with Gasteiger partial charge in [0.25, 0.3) is 0 Å². The van der Waals surface area contributed by atoms with Crippen molar-refractivity contribution in [3.8, 4) is 5.75 Å². The van der Waals surface area contributed by atoms with Crippen LogP contribution < -0.4 is 10.1 Å². The third kappa shape index (κ3) is 4.39. The molecule has 0 amide bonds. The van der Waals surface area contributed by atoms with Gasteiger partial charge in [-0.15, -0.1) is 0 Å². The van der Waals surface area contributed by atoms with Gasteiger partial charge in [-0.3, -0.25) is 0 Å². The molecule has 2 heteroatoms. The van der Waals surface area contributed by atoms with Gasteiger partial charge in [0.15, 0.2) is 0 Å². The third-order valence-corrected chi connectivity index (χ3v) is 3.20. The predicted molar refractivity (Wildman–Crippen MR) is 73.8 cm³/mol. The molecule has 17 heavy (non-hydrogen) atoms. The second kappa shape index (κ2) is 6.65. The van der Waals surface area contributed by atoms with Crippen LogP contribution in [0.15, 0.2) is 24.3 Å². The molecule has 0 saturated carbocycles. The van der Waals surface area contributed by atoms with Gasteiger partial charge < -0.3 is 10.1 Å². The van der Waals surface area contributed by atoms with Crippen LogP contribution in [0.25, 0.3) is 0 Å². The van der Waals surface area contributed by atoms with Gasteiger partial charge in [-0.25, -0.2) is 0 Å². The van der Waals surface area contributed by atoms with Gasteiger partial charge in [-0.05, 0) is 49.0 Å². The fourth-order valence-corrected chi connectivity index (χ4v) is 1.89. The summed E-state index contributed by atoms with van der Waals surface area (Å²) in [6.07, 6.45) is 2.33. The number of rotatable bonds is 7. The Labute approximate surface area is 105 Å². The molecule has 1 N–H and O–H groups in total. The topological polar surface area (TPSA) is 21.3 Å². The smallest absolute Gasteiger partial charge is 0.119 e. The van der Waals surface area contributed by atoms with E-state index in [9.17, 15) is 0 Å². The Morgan fingerprint density at radius 1 is 1.24 bits per heavy atom. The summed E-state index contributed by atoms with van der Waals surface area (Å²) in [4.78, 5) is 0. The predicted octanol–water partition coefficient (Wildman–Crippen LogP) is 3.36. The van der Waals surface area contributed by atoms with E-state index in [0.717, 1.165) is 25.3 Å². The molecule has 0 aliphatic rings. The molecule has 0 heterocycles. The number of methoxy groups -OCH3 is 1. The fourth-order valence-electron chi connectivity index (χ4n) is 1.89. The molecule has 0 radical (unpaired) electrons. The summed E-state index contributed by atoms with van der Waals surface area (Å²) in [7, 11) is 1.72. The molecule has 0 aliphatic carbocycles. The van der Waals surface area contributed by atoms with E-state index in [1.807, 2.05) is 6.07 Å². The van der Waals surface area contributed by atoms with Gasteiger partial charge in [0.2, 0.25) is 0 Å². The minimum atomic E-state index is 0.190. The minimum Gasteiger partial charge on any atom is -0.497 e. The molecule has 2 nitrogen and oxygen atoms in total. The van der Waals surface area contributed by atoms with Crippen molar-refractivity contribution >= 4 is 0 Å². The molecule has 1 rings (SSSR count). The molecule has 0 saturated heterocycles. The lowest BCUT2D eigenvalue weighted by Crippen LogP contribution is -2.25. The first kappa shape index (κ1) is 14.0. The summed E-state index contributed by atoms with van der Waals surface area (Å²) >= 11 is 0. The normalized spacial score (nSPS) is 11.5. The summed E-state index contributed by atoms with van der Waals surface area (Å²) in [6.45, 7) is 8.94. The quantitative estimate of drug-likeness (QED) is 0.732. The van der Waals surface area contributed by atoms with Crippen LogP contribution in [0, 0.1) is 0 Å². The maximum atomic E-state index is 5.28. The van der Waals surface area contributed by atoms with Crippen molar-refractivity contribution < 1.29 is 4.74 Å². The molecular weight excluding hydrogens is 210 g/mol. The first-order valence-corrected chi connectivity index (χ1v) is 6.45. The van der Waals surface area contributed by atoms with E-state index in [0.29, 0.717) is 0 Å². The van der Waals surface area contributed by atoms with Crippen molar-refractivity contribution in [2.24, 2.45) is 0 Å². The average molecular weight is 235 g/mol. The Hall–Kier alpha value is -1.02. The SMILES string of the molecule is CCCNCCC(C)(C)c1cccc(OC)c1. The lowest BCUT2D eigenvalue weighted by atomic mass is 9.81. The number of hydrogen-bond acceptors (Lipinski definition) is 2. The van der Waals surface area contributed by atoms with Crippen molar-refractivity contribution in [1.29, 1.82) is 0 Å². The highest BCUT2D eigenvalue weighted by Crippen LogP contribution is 2.28. The van der Waals surface area contributed by atoms with E-state index >= 15 is 0 Å². The second-order valence-corrected chi connectivity index (χ2v) is 5.12. The largest absolute Gasteiger partial charge is 0.497 e. The summed E-state index contributed by atoms with van der Waals surface area (Å²) in [6, 6.07) is 8.38. The van der Waals surface area contributed by atoms with Gasteiger partial charge in [0.1, 0.15) is 5.75 Å². The van der Waals surface area contributed by atoms with Crippen molar-refractivity contribution in [3.05, 3.63) is 29.8 Å². The molecule has 96 valence electrons. The van der Waals surface area contributed by atoms with Crippen LogP contribution in [-0.4, -0.2) is 20.2 Å². The third-order valence-electron chi connectivity index (χ3n) is 3.20. The van der Waals surface area contributed by atoms with E-state index in [1.165, 1.54) is 12.0 Å². The van der Waals surface area contributed by atoms with Crippen LogP contribution in [-0.2, 0) is 5.41 Å². The molecule has 0 aromatic heterocycles. The Balaban J connectivity index is 2.61. The maximum Gasteiger partial charge on any atom is 0.119 e. The zero-order valence-electron chi connectivity index (χ0n) is 11.5. The van der Waals surface area contributed by atoms with Crippen LogP contribution >= 0.6 is 0 Å². The number of benzene rings is 1. The van der Waals surface area contributed by atoms with Gasteiger partial charge in [-0.1, -0.05) is 32.9 Å². The minimum absolute atomic E-state index is 0.190. The zero-order valence-corrected chi connectivity index (χ0v) is 11.5. The highest BCUT2D eigenvalue weighted by molar-refractivity contribution is 5.33. The van der Waals surface area contributed by atoms with E-state index in [1.54, 1.807) is 7.11 Å². The molecule has 0 spiro atoms. The number of hydrogen-bond donors (Lipinski definition) is 1. The van der Waals surface area contributed by atoms with Crippen molar-refractivity contribution in [3.63, 3.8) is 0 Å². The standard InChI is InChI=1S/C15H25NO/c1-5-10-16-11-9-15(2,3)13-7-6-8-14(12-13)17-4/h6-8,12,16H,5,9-11H2,1-4H3. The van der Waals surface area contributed by atoms with Gasteiger partial charge >= 0.3 is 0 Å². The van der Waals surface area contributed by atoms with Crippen LogP contribution in [0.5, 0.6) is 5.75 Å². The average Bonchev–Trinajstić information content (AvgIpc) is 2.35. The summed E-state index contributed by atoms with van der Waals surface area (Å²) < 4.78 is 5.28. The zero-order chi connectivity index (χ0) is 12.7. The summed E-state index contributed by atoms with van der Waals surface area (Å²) in [5.41, 5.74) is 1.53. The molecular formula is C15H25NO. The monoisotopic (exact) mass is 235 g/mol. The van der Waals surface area contributed by atoms with E-state index < -0.39 is 0 Å². The maximum absolute atomic E-state index is 5.28. The number of ether oxygens (including phenoxy) is 1. The molecule has 1 aromatic rings. The Kier molecular flexibility index (Phi) is 5.49. The second-order valence-electron chi connectivity index (χ2n) is 5.12. The lowest BCUT2D eigenvalue weighted by Gasteiger charge is -2.26. The molecule has 0 aliphatic heterocycles. The molecule has 0 fully saturated rings. The Bertz CT molecular complexity index is 333. The van der Waals surface area contributed by atoms with Gasteiger partial charge in [0, 0.05) is 0 Å². The van der Waals surface area contributed by atoms with Crippen LogP contribution in [0.4, 0.5) is 0 Å². The van der Waals surface area contributed by atoms with Crippen LogP contribution in [0.3, 0.4) is 0 Å². The first-order valence-electron chi connectivity index (χ1n) is 6.45. The molecule has 0 atom stereocenters. The first-order chi connectivity index (χ1) is 8.10. The highest BCUT2D eigenvalue weighted by Gasteiger charge is 2.20. The molecule has 0 unspecified atom stereocenters. The molecule has 1 aromatic carbocycles. The van der Waals surface area contributed by atoms with Crippen LogP contribution in [0.2, 0.25) is 0 Å². The van der Waals surface area contributed by atoms with Gasteiger partial charge in [0.05, 0.1) is 7.11 Å². The van der Waals surface area contributed by atoms with Crippen molar-refractivity contribution in [1.82, 2.24) is 5.32 Å². The van der Waals surface area contributed by atoms with Crippen molar-refractivity contribution in [2.45, 2.75) is 39.0 Å². The van der Waals surface area contributed by atoms with Gasteiger partial charge in [-0.2, -0.15) is 0 Å². The van der Waals surface area contributed by atoms with E-state index in [2.05, 4.69) is 44.3 Å². The fraction of sp³-hybridized carbons (Fsp3) is 0.600. The molecule has 0 bridgehead atoms. The summed E-state index contributed by atoms with van der Waals surface area (Å²) in [5, 5.41) is 3.46. The summed E-state index contributed by atoms with van der Waals surface area (Å²) in [5.74, 6) is 0.942. The number of nitrogens with one attached hydrogen (secondary N) is 1. The highest BCUT2D eigenvalue weighted by atomic mass is 16.5. The van der Waals surface area contributed by atoms with E-state index in [4.69, 9.17) is 4.74 Å².